The summed E-state index contributed by atoms with van der Waals surface area (Å²) in [6.07, 6.45) is 1.41. The highest BCUT2D eigenvalue weighted by molar-refractivity contribution is 9.10. The molecule has 8 heteroatoms. The van der Waals surface area contributed by atoms with Crippen LogP contribution in [0.2, 0.25) is 0 Å². The zero-order valence-electron chi connectivity index (χ0n) is 9.01. The van der Waals surface area contributed by atoms with E-state index in [9.17, 15) is 9.59 Å². The van der Waals surface area contributed by atoms with Crippen LogP contribution in [0.25, 0.3) is 0 Å². The van der Waals surface area contributed by atoms with Crippen molar-refractivity contribution in [2.75, 3.05) is 20.1 Å². The van der Waals surface area contributed by atoms with E-state index in [4.69, 9.17) is 13.7 Å². The van der Waals surface area contributed by atoms with Crippen LogP contribution in [0.15, 0.2) is 21.2 Å². The molecule has 2 rings (SSSR count). The molecule has 1 fully saturated rings. The summed E-state index contributed by atoms with van der Waals surface area (Å²) in [4.78, 5) is 24.4. The first-order valence-corrected chi connectivity index (χ1v) is 5.66. The van der Waals surface area contributed by atoms with Crippen molar-refractivity contribution in [1.82, 2.24) is 4.90 Å². The molecular formula is C9H9BBrNO5. The maximum atomic E-state index is 11.5. The van der Waals surface area contributed by atoms with Crippen LogP contribution in [-0.4, -0.2) is 44.1 Å². The molecule has 0 atom stereocenters. The molecule has 1 aromatic heterocycles. The number of carbonyl (C=O) groups excluding carboxylic acids is 2. The summed E-state index contributed by atoms with van der Waals surface area (Å²) in [5, 5.41) is 0. The van der Waals surface area contributed by atoms with E-state index in [1.165, 1.54) is 11.2 Å². The van der Waals surface area contributed by atoms with Gasteiger partial charge >= 0.3 is 19.1 Å². The third kappa shape index (κ3) is 2.89. The van der Waals surface area contributed by atoms with Gasteiger partial charge < -0.3 is 13.7 Å². The van der Waals surface area contributed by atoms with Gasteiger partial charge in [0.25, 0.3) is 0 Å². The fourth-order valence-corrected chi connectivity index (χ4v) is 1.80. The van der Waals surface area contributed by atoms with E-state index >= 15 is 0 Å². The fourth-order valence-electron chi connectivity index (χ4n) is 1.41. The second-order valence-electron chi connectivity index (χ2n) is 3.62. The number of hydrogen-bond donors (Lipinski definition) is 0. The summed E-state index contributed by atoms with van der Waals surface area (Å²) in [5.41, 5.74) is 0.260. The number of carbonyl (C=O) groups is 2. The Hall–Kier alpha value is -1.28. The first-order chi connectivity index (χ1) is 8.06. The standard InChI is InChI=1S/C9H9BBrNO5/c1-12-4-7(13)16-10(17-8(14)5-12)9-6(11)2-3-15-9/h2-3H,4-5H2,1H3. The summed E-state index contributed by atoms with van der Waals surface area (Å²) in [7, 11) is 0.499. The van der Waals surface area contributed by atoms with E-state index in [0.717, 1.165) is 0 Å². The third-order valence-corrected chi connectivity index (χ3v) is 2.79. The summed E-state index contributed by atoms with van der Waals surface area (Å²) in [5.74, 6) is -0.957. The number of halogens is 1. The Morgan fingerprint density at radius 1 is 1.29 bits per heavy atom. The van der Waals surface area contributed by atoms with Crippen molar-refractivity contribution in [3.8, 4) is 0 Å². The van der Waals surface area contributed by atoms with E-state index in [-0.39, 0.29) is 18.7 Å². The number of furan rings is 1. The van der Waals surface area contributed by atoms with Crippen molar-refractivity contribution in [1.29, 1.82) is 0 Å². The lowest BCUT2D eigenvalue weighted by atomic mass is 9.85. The zero-order chi connectivity index (χ0) is 12.4. The van der Waals surface area contributed by atoms with Crippen molar-refractivity contribution in [3.05, 3.63) is 16.8 Å². The molecule has 2 heterocycles. The van der Waals surface area contributed by atoms with Gasteiger partial charge in [0, 0.05) is 0 Å². The lowest BCUT2D eigenvalue weighted by Gasteiger charge is -2.21. The molecule has 0 radical (unpaired) electrons. The highest BCUT2D eigenvalue weighted by Gasteiger charge is 2.38. The maximum Gasteiger partial charge on any atom is 0.675 e. The number of likely N-dealkylation sites (N-methyl/N-ethyl adjacent to an activating group) is 1. The van der Waals surface area contributed by atoms with Crippen molar-refractivity contribution in [2.45, 2.75) is 0 Å². The predicted molar refractivity (Wildman–Crippen MR) is 61.5 cm³/mol. The Balaban J connectivity index is 2.19. The van der Waals surface area contributed by atoms with Gasteiger partial charge in [-0.15, -0.1) is 0 Å². The van der Waals surface area contributed by atoms with Crippen molar-refractivity contribution < 1.29 is 23.3 Å². The Labute approximate surface area is 106 Å². The molecule has 1 saturated heterocycles. The van der Waals surface area contributed by atoms with Gasteiger partial charge in [0.1, 0.15) is 0 Å². The normalized spacial score (nSPS) is 18.4. The van der Waals surface area contributed by atoms with Crippen LogP contribution < -0.4 is 5.66 Å². The van der Waals surface area contributed by atoms with E-state index in [0.29, 0.717) is 4.47 Å². The molecule has 1 aliphatic rings. The molecular weight excluding hydrogens is 293 g/mol. The smallest absolute Gasteiger partial charge is 0.492 e. The number of hydrogen-bond acceptors (Lipinski definition) is 6. The van der Waals surface area contributed by atoms with E-state index in [1.807, 2.05) is 0 Å². The summed E-state index contributed by atoms with van der Waals surface area (Å²) in [6.45, 7) is 0.0633. The average molecular weight is 302 g/mol. The molecule has 0 N–H and O–H groups in total. The molecule has 0 aliphatic carbocycles. The quantitative estimate of drug-likeness (QED) is 0.668. The second kappa shape index (κ2) is 4.93. The van der Waals surface area contributed by atoms with E-state index in [1.54, 1.807) is 13.1 Å². The largest absolute Gasteiger partial charge is 0.675 e. The van der Waals surface area contributed by atoms with Gasteiger partial charge in [-0.1, -0.05) is 0 Å². The second-order valence-corrected chi connectivity index (χ2v) is 4.47. The summed E-state index contributed by atoms with van der Waals surface area (Å²) >= 11 is 3.21. The van der Waals surface area contributed by atoms with Crippen LogP contribution >= 0.6 is 15.9 Å². The van der Waals surface area contributed by atoms with Gasteiger partial charge in [-0.3, -0.25) is 14.5 Å². The summed E-state index contributed by atoms with van der Waals surface area (Å²) < 4.78 is 15.7. The first kappa shape index (κ1) is 12.2. The molecule has 1 aromatic rings. The van der Waals surface area contributed by atoms with Gasteiger partial charge in [-0.05, 0) is 29.0 Å². The lowest BCUT2D eigenvalue weighted by Crippen LogP contribution is -2.47. The zero-order valence-corrected chi connectivity index (χ0v) is 10.6. The van der Waals surface area contributed by atoms with Gasteiger partial charge in [-0.2, -0.15) is 0 Å². The van der Waals surface area contributed by atoms with Gasteiger partial charge in [0.05, 0.1) is 23.8 Å². The molecule has 6 nitrogen and oxygen atoms in total. The van der Waals surface area contributed by atoms with Crippen LogP contribution in [0.4, 0.5) is 0 Å². The lowest BCUT2D eigenvalue weighted by molar-refractivity contribution is -0.145. The van der Waals surface area contributed by atoms with Crippen LogP contribution in [0, 0.1) is 0 Å². The minimum Gasteiger partial charge on any atom is -0.492 e. The molecule has 0 unspecified atom stereocenters. The van der Waals surface area contributed by atoms with Gasteiger partial charge in [0.15, 0.2) is 5.66 Å². The van der Waals surface area contributed by atoms with E-state index < -0.39 is 19.1 Å². The molecule has 0 bridgehead atoms. The maximum absolute atomic E-state index is 11.5. The Kier molecular flexibility index (Phi) is 3.53. The van der Waals surface area contributed by atoms with Crippen LogP contribution in [0.3, 0.4) is 0 Å². The fraction of sp³-hybridized carbons (Fsp3) is 0.333. The topological polar surface area (TPSA) is 69.0 Å². The van der Waals surface area contributed by atoms with Crippen molar-refractivity contribution in [2.24, 2.45) is 0 Å². The highest BCUT2D eigenvalue weighted by Crippen LogP contribution is 2.10. The molecule has 0 aromatic carbocycles. The minimum atomic E-state index is -1.13. The first-order valence-electron chi connectivity index (χ1n) is 4.86. The Bertz CT molecular complexity index is 428. The molecule has 0 amide bonds. The van der Waals surface area contributed by atoms with Crippen molar-refractivity contribution >= 4 is 40.6 Å². The molecule has 0 saturated carbocycles. The minimum absolute atomic E-state index is 0.0317. The van der Waals surface area contributed by atoms with Crippen LogP contribution in [0.5, 0.6) is 0 Å². The molecule has 1 aliphatic heterocycles. The highest BCUT2D eigenvalue weighted by atomic mass is 79.9. The third-order valence-electron chi connectivity index (χ3n) is 2.13. The molecule has 90 valence electrons. The average Bonchev–Trinajstić information content (AvgIpc) is 2.60. The van der Waals surface area contributed by atoms with Gasteiger partial charge in [-0.25, -0.2) is 0 Å². The number of nitrogens with zero attached hydrogens (tertiary/aromatic N) is 1. The SMILES string of the molecule is CN1CC(=O)OB(c2occc2Br)OC(=O)C1. The van der Waals surface area contributed by atoms with Gasteiger partial charge in [0.2, 0.25) is 0 Å². The summed E-state index contributed by atoms with van der Waals surface area (Å²) in [6, 6.07) is 1.63. The Morgan fingerprint density at radius 3 is 2.35 bits per heavy atom. The Morgan fingerprint density at radius 2 is 1.88 bits per heavy atom. The van der Waals surface area contributed by atoms with Crippen LogP contribution in [-0.2, 0) is 18.9 Å². The molecule has 0 spiro atoms. The van der Waals surface area contributed by atoms with Crippen molar-refractivity contribution in [3.63, 3.8) is 0 Å². The monoisotopic (exact) mass is 301 g/mol. The molecule has 17 heavy (non-hydrogen) atoms. The van der Waals surface area contributed by atoms with E-state index in [2.05, 4.69) is 15.9 Å². The van der Waals surface area contributed by atoms with Crippen LogP contribution in [0.1, 0.15) is 0 Å². The number of rotatable bonds is 1. The predicted octanol–water partition coefficient (Wildman–Crippen LogP) is -0.231.